The molecule has 2 aliphatic rings. The summed E-state index contributed by atoms with van der Waals surface area (Å²) in [4.78, 5) is 2.55. The number of halogens is 1. The number of anilines is 1. The molecule has 2 saturated heterocycles. The van der Waals surface area contributed by atoms with Gasteiger partial charge in [0, 0.05) is 38.4 Å². The van der Waals surface area contributed by atoms with E-state index in [4.69, 9.17) is 0 Å². The summed E-state index contributed by atoms with van der Waals surface area (Å²) in [6.45, 7) is 2.26. The minimum atomic E-state index is 0. The Morgan fingerprint density at radius 3 is 2.53 bits per heavy atom. The molecule has 1 aromatic heterocycles. The van der Waals surface area contributed by atoms with E-state index < -0.39 is 0 Å². The van der Waals surface area contributed by atoms with Gasteiger partial charge in [-0.3, -0.25) is 4.68 Å². The average molecular weight is 229 g/mol. The number of nitrogens with one attached hydrogen (secondary N) is 1. The molecule has 1 N–H and O–H groups in total. The molecule has 0 amide bonds. The van der Waals surface area contributed by atoms with Crippen LogP contribution in [0.3, 0.4) is 0 Å². The molecule has 2 aliphatic heterocycles. The van der Waals surface area contributed by atoms with Crippen molar-refractivity contribution in [1.82, 2.24) is 15.1 Å². The first-order valence-electron chi connectivity index (χ1n) is 5.32. The summed E-state index contributed by atoms with van der Waals surface area (Å²) in [5.41, 5.74) is 1.29. The van der Waals surface area contributed by atoms with Crippen LogP contribution in [0.25, 0.3) is 0 Å². The van der Waals surface area contributed by atoms with E-state index in [2.05, 4.69) is 21.5 Å². The second-order valence-electron chi connectivity index (χ2n) is 4.32. The molecule has 3 rings (SSSR count). The summed E-state index contributed by atoms with van der Waals surface area (Å²) >= 11 is 0. The van der Waals surface area contributed by atoms with Gasteiger partial charge in [0.1, 0.15) is 0 Å². The van der Waals surface area contributed by atoms with Crippen LogP contribution in [-0.2, 0) is 7.05 Å². The van der Waals surface area contributed by atoms with Crippen molar-refractivity contribution in [2.45, 2.75) is 24.9 Å². The summed E-state index contributed by atoms with van der Waals surface area (Å²) in [7, 11) is 1.98. The summed E-state index contributed by atoms with van der Waals surface area (Å²) in [5, 5.41) is 7.73. The van der Waals surface area contributed by atoms with E-state index in [1.54, 1.807) is 0 Å². The maximum atomic E-state index is 4.24. The average Bonchev–Trinajstić information content (AvgIpc) is 2.68. The monoisotopic (exact) mass is 228 g/mol. The molecule has 4 nitrogen and oxygen atoms in total. The number of aromatic nitrogens is 2. The Hall–Kier alpha value is -0.740. The zero-order valence-electron chi connectivity index (χ0n) is 8.89. The van der Waals surface area contributed by atoms with Crippen LogP contribution in [0.4, 0.5) is 5.69 Å². The molecule has 2 unspecified atom stereocenters. The molecule has 1 aromatic rings. The van der Waals surface area contributed by atoms with E-state index in [0.29, 0.717) is 12.1 Å². The lowest BCUT2D eigenvalue weighted by Gasteiger charge is -2.36. The molecular formula is C10H17ClN4. The van der Waals surface area contributed by atoms with Gasteiger partial charge in [-0.25, -0.2) is 0 Å². The van der Waals surface area contributed by atoms with E-state index in [-0.39, 0.29) is 12.4 Å². The first kappa shape index (κ1) is 10.8. The molecule has 15 heavy (non-hydrogen) atoms. The van der Waals surface area contributed by atoms with E-state index in [0.717, 1.165) is 13.1 Å². The first-order valence-corrected chi connectivity index (χ1v) is 5.32. The minimum absolute atomic E-state index is 0. The van der Waals surface area contributed by atoms with E-state index in [1.165, 1.54) is 18.5 Å². The highest BCUT2D eigenvalue weighted by molar-refractivity contribution is 5.85. The van der Waals surface area contributed by atoms with Crippen LogP contribution in [0.5, 0.6) is 0 Å². The third kappa shape index (κ3) is 1.72. The maximum absolute atomic E-state index is 4.24. The van der Waals surface area contributed by atoms with Crippen molar-refractivity contribution in [3.63, 3.8) is 0 Å². The molecule has 3 heterocycles. The Morgan fingerprint density at radius 2 is 2.00 bits per heavy atom. The van der Waals surface area contributed by atoms with Gasteiger partial charge in [0.2, 0.25) is 0 Å². The molecule has 2 atom stereocenters. The zero-order valence-corrected chi connectivity index (χ0v) is 9.70. The maximum Gasteiger partial charge on any atom is 0.0758 e. The van der Waals surface area contributed by atoms with Crippen LogP contribution >= 0.6 is 12.4 Å². The van der Waals surface area contributed by atoms with Crippen LogP contribution in [0.2, 0.25) is 0 Å². The highest BCUT2D eigenvalue weighted by Crippen LogP contribution is 2.31. The van der Waals surface area contributed by atoms with Crippen molar-refractivity contribution in [1.29, 1.82) is 0 Å². The highest BCUT2D eigenvalue weighted by atomic mass is 35.5. The van der Waals surface area contributed by atoms with Crippen LogP contribution in [0.15, 0.2) is 12.4 Å². The number of aryl methyl sites for hydroxylation is 1. The summed E-state index contributed by atoms with van der Waals surface area (Å²) < 4.78 is 1.89. The van der Waals surface area contributed by atoms with Gasteiger partial charge in [0.05, 0.1) is 11.9 Å². The topological polar surface area (TPSA) is 33.1 Å². The van der Waals surface area contributed by atoms with Gasteiger partial charge in [-0.05, 0) is 12.8 Å². The van der Waals surface area contributed by atoms with Crippen molar-refractivity contribution >= 4 is 18.1 Å². The van der Waals surface area contributed by atoms with Gasteiger partial charge >= 0.3 is 0 Å². The smallest absolute Gasteiger partial charge is 0.0758 e. The zero-order chi connectivity index (χ0) is 9.54. The van der Waals surface area contributed by atoms with Gasteiger partial charge in [-0.15, -0.1) is 12.4 Å². The van der Waals surface area contributed by atoms with Gasteiger partial charge in [0.15, 0.2) is 0 Å². The molecule has 2 fully saturated rings. The molecule has 0 saturated carbocycles. The lowest BCUT2D eigenvalue weighted by Crippen LogP contribution is -2.51. The normalized spacial score (nSPS) is 29.0. The van der Waals surface area contributed by atoms with Crippen LogP contribution in [0, 0.1) is 0 Å². The van der Waals surface area contributed by atoms with Gasteiger partial charge in [-0.1, -0.05) is 0 Å². The van der Waals surface area contributed by atoms with Gasteiger partial charge in [-0.2, -0.15) is 5.10 Å². The van der Waals surface area contributed by atoms with Crippen LogP contribution in [0.1, 0.15) is 12.8 Å². The third-order valence-corrected chi connectivity index (χ3v) is 3.37. The van der Waals surface area contributed by atoms with E-state index >= 15 is 0 Å². The standard InChI is InChI=1S/C10H16N4.ClH/c1-13-7-10(6-12-13)14-8-2-3-9(14)5-11-4-8;/h6-9,11H,2-5H2,1H3;1H. The number of piperazine rings is 1. The summed E-state index contributed by atoms with van der Waals surface area (Å²) in [6, 6.07) is 1.39. The Kier molecular flexibility index (Phi) is 2.89. The third-order valence-electron chi connectivity index (χ3n) is 3.37. The van der Waals surface area contributed by atoms with Crippen molar-refractivity contribution in [3.05, 3.63) is 12.4 Å². The van der Waals surface area contributed by atoms with Crippen molar-refractivity contribution in [2.24, 2.45) is 7.05 Å². The van der Waals surface area contributed by atoms with Crippen molar-refractivity contribution in [2.75, 3.05) is 18.0 Å². The molecule has 84 valence electrons. The Bertz CT molecular complexity index is 322. The number of hydrogen-bond donors (Lipinski definition) is 1. The number of fused-ring (bicyclic) bond motifs is 2. The van der Waals surface area contributed by atoms with Gasteiger partial charge in [0.25, 0.3) is 0 Å². The van der Waals surface area contributed by atoms with Crippen LogP contribution < -0.4 is 10.2 Å². The fourth-order valence-corrected chi connectivity index (χ4v) is 2.74. The first-order chi connectivity index (χ1) is 6.84. The molecule has 0 aromatic carbocycles. The molecular weight excluding hydrogens is 212 g/mol. The second-order valence-corrected chi connectivity index (χ2v) is 4.32. The van der Waals surface area contributed by atoms with E-state index in [1.807, 2.05) is 17.9 Å². The predicted molar refractivity (Wildman–Crippen MR) is 62.6 cm³/mol. The molecule has 0 spiro atoms. The SMILES string of the molecule is Cl.Cn1cc(N2C3CCC2CNC3)cn1. The van der Waals surface area contributed by atoms with Crippen molar-refractivity contribution in [3.8, 4) is 0 Å². The molecule has 0 aliphatic carbocycles. The van der Waals surface area contributed by atoms with Crippen LogP contribution in [-0.4, -0.2) is 35.0 Å². The summed E-state index contributed by atoms with van der Waals surface area (Å²) in [5.74, 6) is 0. The summed E-state index contributed by atoms with van der Waals surface area (Å²) in [6.07, 6.45) is 6.76. The fraction of sp³-hybridized carbons (Fsp3) is 0.700. The van der Waals surface area contributed by atoms with Gasteiger partial charge < -0.3 is 10.2 Å². The Labute approximate surface area is 96.0 Å². The number of hydrogen-bond acceptors (Lipinski definition) is 3. The molecule has 2 bridgehead atoms. The Balaban J connectivity index is 0.000000853. The largest absolute Gasteiger partial charge is 0.360 e. The lowest BCUT2D eigenvalue weighted by atomic mass is 10.2. The predicted octanol–water partition coefficient (Wildman–Crippen LogP) is 0.782. The second kappa shape index (κ2) is 4.02. The lowest BCUT2D eigenvalue weighted by molar-refractivity contribution is 0.485. The molecule has 5 heteroatoms. The fourth-order valence-electron chi connectivity index (χ4n) is 2.74. The minimum Gasteiger partial charge on any atom is -0.360 e. The number of rotatable bonds is 1. The highest BCUT2D eigenvalue weighted by Gasteiger charge is 2.36. The Morgan fingerprint density at radius 1 is 1.33 bits per heavy atom. The molecule has 0 radical (unpaired) electrons. The number of nitrogens with zero attached hydrogens (tertiary/aromatic N) is 3. The van der Waals surface area contributed by atoms with E-state index in [9.17, 15) is 0 Å². The van der Waals surface area contributed by atoms with Crippen molar-refractivity contribution < 1.29 is 0 Å². The quantitative estimate of drug-likeness (QED) is 0.772.